The van der Waals surface area contributed by atoms with E-state index in [-0.39, 0.29) is 11.8 Å². The molecule has 1 aromatic heterocycles. The molecule has 20 heavy (non-hydrogen) atoms. The summed E-state index contributed by atoms with van der Waals surface area (Å²) in [6, 6.07) is 1.81. The molecule has 108 valence electrons. The molecule has 0 aromatic carbocycles. The number of ether oxygens (including phenoxy) is 2. The first-order valence-electron chi connectivity index (χ1n) is 6.28. The summed E-state index contributed by atoms with van der Waals surface area (Å²) >= 11 is 0. The van der Waals surface area contributed by atoms with Gasteiger partial charge in [0.1, 0.15) is 11.8 Å². The minimum Gasteiger partial charge on any atom is -0.459 e. The van der Waals surface area contributed by atoms with Gasteiger partial charge in [-0.25, -0.2) is 9.59 Å². The van der Waals surface area contributed by atoms with Crippen molar-refractivity contribution in [3.05, 3.63) is 22.5 Å². The number of hydrogen-bond acceptors (Lipinski definition) is 5. The molecule has 0 bridgehead atoms. The molecule has 0 aliphatic carbocycles. The summed E-state index contributed by atoms with van der Waals surface area (Å²) < 4.78 is 10.0. The molecule has 0 radical (unpaired) electrons. The molecule has 0 saturated heterocycles. The lowest BCUT2D eigenvalue weighted by atomic mass is 10.1. The highest BCUT2D eigenvalue weighted by atomic mass is 16.5. The summed E-state index contributed by atoms with van der Waals surface area (Å²) in [6.45, 7) is 8.28. The van der Waals surface area contributed by atoms with E-state index in [0.29, 0.717) is 16.8 Å². The van der Waals surface area contributed by atoms with Crippen molar-refractivity contribution in [3.63, 3.8) is 0 Å². The Morgan fingerprint density at radius 2 is 1.75 bits per heavy atom. The fourth-order valence-corrected chi connectivity index (χ4v) is 1.78. The van der Waals surface area contributed by atoms with Gasteiger partial charge in [0.15, 0.2) is 6.10 Å². The maximum absolute atomic E-state index is 12.0. The van der Waals surface area contributed by atoms with Crippen molar-refractivity contribution in [2.75, 3.05) is 0 Å². The Kier molecular flexibility index (Phi) is 4.92. The van der Waals surface area contributed by atoms with Crippen LogP contribution in [0.1, 0.15) is 52.9 Å². The van der Waals surface area contributed by atoms with E-state index in [2.05, 4.69) is 4.98 Å². The van der Waals surface area contributed by atoms with Gasteiger partial charge < -0.3 is 14.5 Å². The van der Waals surface area contributed by atoms with E-state index in [1.54, 1.807) is 33.8 Å². The lowest BCUT2D eigenvalue weighted by Crippen LogP contribution is -2.15. The fraction of sp³-hybridized carbons (Fsp3) is 0.500. The fourth-order valence-electron chi connectivity index (χ4n) is 1.78. The zero-order chi connectivity index (χ0) is 15.4. The van der Waals surface area contributed by atoms with Crippen molar-refractivity contribution < 1.29 is 19.1 Å². The number of aromatic nitrogens is 1. The van der Waals surface area contributed by atoms with Gasteiger partial charge in [0, 0.05) is 5.69 Å². The van der Waals surface area contributed by atoms with Crippen LogP contribution >= 0.6 is 0 Å². The summed E-state index contributed by atoms with van der Waals surface area (Å²) in [7, 11) is 0. The second-order valence-electron chi connectivity index (χ2n) is 4.76. The smallest absolute Gasteiger partial charge is 0.356 e. The number of nitrogens with zero attached hydrogens (tertiary/aromatic N) is 1. The van der Waals surface area contributed by atoms with Crippen LogP contribution in [0.4, 0.5) is 0 Å². The topological polar surface area (TPSA) is 92.2 Å². The van der Waals surface area contributed by atoms with Gasteiger partial charge in [0.05, 0.1) is 11.7 Å². The Bertz CT molecular complexity index is 566. The van der Waals surface area contributed by atoms with Crippen LogP contribution in [0.3, 0.4) is 0 Å². The van der Waals surface area contributed by atoms with E-state index in [1.165, 1.54) is 6.92 Å². The molecule has 6 nitrogen and oxygen atoms in total. The zero-order valence-electron chi connectivity index (χ0n) is 12.2. The standard InChI is InChI=1S/C14H18N2O4/c1-7(2)19-13(17)11-9(4)12(16-10(11)5)14(18)20-8(3)6-15/h7-8,16H,1-5H3/t8-/m0/s1. The molecular weight excluding hydrogens is 260 g/mol. The van der Waals surface area contributed by atoms with Crippen LogP contribution in [0, 0.1) is 25.2 Å². The molecule has 1 heterocycles. The molecule has 0 saturated carbocycles. The molecule has 0 aliphatic heterocycles. The molecule has 1 rings (SSSR count). The van der Waals surface area contributed by atoms with Crippen molar-refractivity contribution in [1.82, 2.24) is 4.98 Å². The zero-order valence-corrected chi connectivity index (χ0v) is 12.2. The first-order valence-corrected chi connectivity index (χ1v) is 6.28. The van der Waals surface area contributed by atoms with E-state index >= 15 is 0 Å². The highest BCUT2D eigenvalue weighted by Crippen LogP contribution is 2.20. The van der Waals surface area contributed by atoms with Crippen molar-refractivity contribution >= 4 is 11.9 Å². The first kappa shape index (κ1) is 15.8. The number of H-pyrrole nitrogens is 1. The third kappa shape index (κ3) is 3.38. The summed E-state index contributed by atoms with van der Waals surface area (Å²) in [4.78, 5) is 26.7. The number of esters is 2. The molecular formula is C14H18N2O4. The summed E-state index contributed by atoms with van der Waals surface area (Å²) in [6.07, 6.45) is -1.10. The number of nitriles is 1. The van der Waals surface area contributed by atoms with E-state index in [9.17, 15) is 9.59 Å². The second-order valence-corrected chi connectivity index (χ2v) is 4.76. The number of carbonyl (C=O) groups excluding carboxylic acids is 2. The Hall–Kier alpha value is -2.29. The second kappa shape index (κ2) is 6.24. The van der Waals surface area contributed by atoms with Crippen LogP contribution in [0.15, 0.2) is 0 Å². The molecule has 0 aliphatic rings. The van der Waals surface area contributed by atoms with Crippen LogP contribution in [-0.4, -0.2) is 29.1 Å². The normalized spacial score (nSPS) is 11.8. The average molecular weight is 278 g/mol. The number of rotatable bonds is 4. The van der Waals surface area contributed by atoms with Gasteiger partial charge in [-0.2, -0.15) is 5.26 Å². The van der Waals surface area contributed by atoms with Crippen molar-refractivity contribution in [3.8, 4) is 6.07 Å². The summed E-state index contributed by atoms with van der Waals surface area (Å²) in [5.74, 6) is -1.15. The van der Waals surface area contributed by atoms with Gasteiger partial charge in [0.25, 0.3) is 0 Å². The predicted octanol–water partition coefficient (Wildman–Crippen LogP) is 2.27. The maximum Gasteiger partial charge on any atom is 0.356 e. The van der Waals surface area contributed by atoms with E-state index in [0.717, 1.165) is 0 Å². The van der Waals surface area contributed by atoms with Crippen molar-refractivity contribution in [2.45, 2.75) is 46.8 Å². The predicted molar refractivity (Wildman–Crippen MR) is 71.3 cm³/mol. The molecule has 1 atom stereocenters. The number of aryl methyl sites for hydroxylation is 1. The molecule has 0 fully saturated rings. The highest BCUT2D eigenvalue weighted by molar-refractivity contribution is 5.98. The van der Waals surface area contributed by atoms with Gasteiger partial charge in [-0.05, 0) is 40.2 Å². The van der Waals surface area contributed by atoms with Crippen LogP contribution in [0.2, 0.25) is 0 Å². The molecule has 1 N–H and O–H groups in total. The van der Waals surface area contributed by atoms with Gasteiger partial charge in [0.2, 0.25) is 0 Å². The van der Waals surface area contributed by atoms with E-state index in [1.807, 2.05) is 0 Å². The largest absolute Gasteiger partial charge is 0.459 e. The number of carbonyl (C=O) groups is 2. The SMILES string of the molecule is Cc1[nH]c(C(=O)O[C@@H](C)C#N)c(C)c1C(=O)OC(C)C. The first-order chi connectivity index (χ1) is 9.27. The van der Waals surface area contributed by atoms with Crippen molar-refractivity contribution in [1.29, 1.82) is 5.26 Å². The number of hydrogen-bond donors (Lipinski definition) is 1. The number of nitrogens with one attached hydrogen (secondary N) is 1. The third-order valence-corrected chi connectivity index (χ3v) is 2.65. The Balaban J connectivity index is 3.06. The molecule has 0 amide bonds. The van der Waals surface area contributed by atoms with Crippen molar-refractivity contribution in [2.24, 2.45) is 0 Å². The quantitative estimate of drug-likeness (QED) is 0.853. The monoisotopic (exact) mass is 278 g/mol. The lowest BCUT2D eigenvalue weighted by molar-refractivity contribution is 0.0376. The summed E-state index contributed by atoms with van der Waals surface area (Å²) in [5, 5.41) is 8.64. The van der Waals surface area contributed by atoms with Gasteiger partial charge in [-0.3, -0.25) is 0 Å². The van der Waals surface area contributed by atoms with Gasteiger partial charge in [-0.1, -0.05) is 0 Å². The van der Waals surface area contributed by atoms with Crippen LogP contribution in [0.5, 0.6) is 0 Å². The molecule has 6 heteroatoms. The van der Waals surface area contributed by atoms with Gasteiger partial charge >= 0.3 is 11.9 Å². The maximum atomic E-state index is 12.0. The van der Waals surface area contributed by atoms with E-state index < -0.39 is 18.0 Å². The minimum atomic E-state index is -0.850. The van der Waals surface area contributed by atoms with Crippen LogP contribution < -0.4 is 0 Å². The Labute approximate surface area is 117 Å². The molecule has 0 spiro atoms. The van der Waals surface area contributed by atoms with E-state index in [4.69, 9.17) is 14.7 Å². The third-order valence-electron chi connectivity index (χ3n) is 2.65. The highest BCUT2D eigenvalue weighted by Gasteiger charge is 2.25. The van der Waals surface area contributed by atoms with Crippen LogP contribution in [-0.2, 0) is 9.47 Å². The molecule has 0 unspecified atom stereocenters. The average Bonchev–Trinajstić information content (AvgIpc) is 2.63. The Morgan fingerprint density at radius 3 is 2.25 bits per heavy atom. The van der Waals surface area contributed by atoms with Gasteiger partial charge in [-0.15, -0.1) is 0 Å². The molecule has 1 aromatic rings. The minimum absolute atomic E-state index is 0.167. The lowest BCUT2D eigenvalue weighted by Gasteiger charge is -2.08. The Morgan fingerprint density at radius 1 is 1.15 bits per heavy atom. The van der Waals surface area contributed by atoms with Crippen LogP contribution in [0.25, 0.3) is 0 Å². The number of aromatic amines is 1. The summed E-state index contributed by atoms with van der Waals surface area (Å²) in [5.41, 5.74) is 1.49.